The molecule has 1 aromatic carbocycles. The molecular formula is C32H39FN6O6. The van der Waals surface area contributed by atoms with Crippen LogP contribution in [0.15, 0.2) is 24.5 Å². The van der Waals surface area contributed by atoms with E-state index in [9.17, 15) is 14.4 Å². The van der Waals surface area contributed by atoms with Gasteiger partial charge in [0.1, 0.15) is 23.1 Å². The van der Waals surface area contributed by atoms with Gasteiger partial charge >= 0.3 is 18.3 Å². The summed E-state index contributed by atoms with van der Waals surface area (Å²) in [6, 6.07) is 3.16. The number of pyridine rings is 2. The van der Waals surface area contributed by atoms with Crippen molar-refractivity contribution in [2.24, 2.45) is 0 Å². The molecule has 13 heteroatoms. The maximum atomic E-state index is 16.5. The molecule has 1 saturated heterocycles. The largest absolute Gasteiger partial charge is 0.444 e. The van der Waals surface area contributed by atoms with Crippen molar-refractivity contribution >= 4 is 46.2 Å². The molecule has 3 amide bonds. The topological polar surface area (TPSA) is 144 Å². The second-order valence-electron chi connectivity index (χ2n) is 13.2. The first-order valence-corrected chi connectivity index (χ1v) is 14.9. The first kappa shape index (κ1) is 31.9. The Morgan fingerprint density at radius 3 is 2.31 bits per heavy atom. The second kappa shape index (κ2) is 12.1. The fourth-order valence-corrected chi connectivity index (χ4v) is 5.17. The summed E-state index contributed by atoms with van der Waals surface area (Å²) < 4.78 is 33.0. The molecule has 2 aromatic heterocycles. The highest BCUT2D eigenvalue weighted by molar-refractivity contribution is 6.04. The molecule has 0 aliphatic carbocycles. The zero-order chi connectivity index (χ0) is 32.7. The van der Waals surface area contributed by atoms with E-state index in [2.05, 4.69) is 25.9 Å². The fraction of sp³-hybridized carbons (Fsp3) is 0.469. The highest BCUT2D eigenvalue weighted by atomic mass is 19.1. The Hall–Kier alpha value is -4.52. The molecule has 2 aliphatic rings. The van der Waals surface area contributed by atoms with Crippen LogP contribution in [-0.4, -0.2) is 65.2 Å². The predicted octanol–water partition coefficient (Wildman–Crippen LogP) is 6.30. The lowest BCUT2D eigenvalue weighted by atomic mass is 9.94. The molecule has 0 atom stereocenters. The minimum absolute atomic E-state index is 0.122. The van der Waals surface area contributed by atoms with Crippen LogP contribution in [0, 0.1) is 12.7 Å². The summed E-state index contributed by atoms with van der Waals surface area (Å²) in [6.07, 6.45) is 2.02. The first-order chi connectivity index (χ1) is 21.1. The van der Waals surface area contributed by atoms with Gasteiger partial charge in [0.2, 0.25) is 0 Å². The third kappa shape index (κ3) is 7.25. The van der Waals surface area contributed by atoms with E-state index in [1.165, 1.54) is 6.20 Å². The number of nitrogens with zero attached hydrogens (tertiary/aromatic N) is 3. The molecule has 0 unspecified atom stereocenters. The molecule has 0 saturated carbocycles. The zero-order valence-corrected chi connectivity index (χ0v) is 26.6. The van der Waals surface area contributed by atoms with Gasteiger partial charge in [-0.15, -0.1) is 0 Å². The summed E-state index contributed by atoms with van der Waals surface area (Å²) in [6.45, 7) is 13.9. The van der Waals surface area contributed by atoms with E-state index in [1.807, 2.05) is 0 Å². The van der Waals surface area contributed by atoms with Gasteiger partial charge in [0.05, 0.1) is 17.1 Å². The maximum Gasteiger partial charge on any atom is 0.414 e. The molecule has 45 heavy (non-hydrogen) atoms. The smallest absolute Gasteiger partial charge is 0.414 e. The van der Waals surface area contributed by atoms with Crippen molar-refractivity contribution in [3.05, 3.63) is 41.6 Å². The van der Waals surface area contributed by atoms with Crippen LogP contribution in [-0.2, 0) is 20.6 Å². The molecule has 1 fully saturated rings. The van der Waals surface area contributed by atoms with E-state index in [1.54, 1.807) is 71.7 Å². The molecule has 4 heterocycles. The molecule has 240 valence electrons. The van der Waals surface area contributed by atoms with Crippen molar-refractivity contribution in [2.45, 2.75) is 78.6 Å². The van der Waals surface area contributed by atoms with Crippen molar-refractivity contribution in [2.75, 3.05) is 35.2 Å². The molecule has 3 N–H and O–H groups in total. The number of ether oxygens (including phenoxy) is 3. The monoisotopic (exact) mass is 622 g/mol. The average molecular weight is 623 g/mol. The lowest BCUT2D eigenvalue weighted by Gasteiger charge is -2.33. The minimum Gasteiger partial charge on any atom is -0.444 e. The van der Waals surface area contributed by atoms with Gasteiger partial charge in [0.15, 0.2) is 5.82 Å². The molecule has 12 nitrogen and oxygen atoms in total. The number of amides is 3. The van der Waals surface area contributed by atoms with Crippen LogP contribution in [0.25, 0.3) is 21.9 Å². The van der Waals surface area contributed by atoms with Gasteiger partial charge in [-0.25, -0.2) is 23.8 Å². The van der Waals surface area contributed by atoms with E-state index < -0.39 is 35.3 Å². The predicted molar refractivity (Wildman–Crippen MR) is 168 cm³/mol. The number of hydrogen-bond acceptors (Lipinski definition) is 9. The lowest BCUT2D eigenvalue weighted by molar-refractivity contribution is 0.0575. The van der Waals surface area contributed by atoms with Crippen LogP contribution in [0.2, 0.25) is 0 Å². The molecule has 0 spiro atoms. The number of fused-ring (bicyclic) bond motifs is 2. The number of hydrogen-bond donors (Lipinski definition) is 3. The van der Waals surface area contributed by atoms with Crippen LogP contribution in [0.4, 0.5) is 36.0 Å². The third-order valence-electron chi connectivity index (χ3n) is 7.19. The van der Waals surface area contributed by atoms with Crippen molar-refractivity contribution < 1.29 is 33.0 Å². The van der Waals surface area contributed by atoms with Gasteiger partial charge in [-0.1, -0.05) is 0 Å². The molecular weight excluding hydrogens is 583 g/mol. The van der Waals surface area contributed by atoms with Crippen molar-refractivity contribution in [1.29, 1.82) is 0 Å². The van der Waals surface area contributed by atoms with Gasteiger partial charge in [-0.2, -0.15) is 0 Å². The van der Waals surface area contributed by atoms with Crippen LogP contribution >= 0.6 is 0 Å². The van der Waals surface area contributed by atoms with Gasteiger partial charge < -0.3 is 19.5 Å². The molecule has 5 rings (SSSR count). The summed E-state index contributed by atoms with van der Waals surface area (Å²) >= 11 is 0. The van der Waals surface area contributed by atoms with Crippen molar-refractivity contribution in [3.8, 4) is 11.1 Å². The van der Waals surface area contributed by atoms with Crippen LogP contribution in [0.1, 0.15) is 59.2 Å². The highest BCUT2D eigenvalue weighted by Crippen LogP contribution is 2.41. The number of nitrogens with one attached hydrogen (secondary N) is 3. The van der Waals surface area contributed by atoms with Crippen LogP contribution < -0.4 is 20.9 Å². The average Bonchev–Trinajstić information content (AvgIpc) is 2.90. The number of rotatable bonds is 4. The SMILES string of the molecule is Cc1c(-c2cc3cc(NC(=O)OC4CNC4)ncc3c(NC(=O)OC(C)(C)C)c2F)cnc2c1N(C(=O)OC(C)(C)C)CCC2. The molecule has 0 bridgehead atoms. The number of benzene rings is 1. The van der Waals surface area contributed by atoms with Crippen LogP contribution in [0.3, 0.4) is 0 Å². The summed E-state index contributed by atoms with van der Waals surface area (Å²) in [5.41, 5.74) is 0.745. The van der Waals surface area contributed by atoms with Crippen molar-refractivity contribution in [1.82, 2.24) is 15.3 Å². The van der Waals surface area contributed by atoms with E-state index in [0.29, 0.717) is 60.4 Å². The van der Waals surface area contributed by atoms with Crippen LogP contribution in [0.5, 0.6) is 0 Å². The number of aromatic nitrogens is 2. The van der Waals surface area contributed by atoms with E-state index in [4.69, 9.17) is 14.2 Å². The van der Waals surface area contributed by atoms with E-state index in [0.717, 1.165) is 0 Å². The number of carbonyl (C=O) groups is 3. The Balaban J connectivity index is 1.61. The van der Waals surface area contributed by atoms with Gasteiger partial charge in [0.25, 0.3) is 0 Å². The van der Waals surface area contributed by atoms with Gasteiger partial charge in [-0.3, -0.25) is 20.5 Å². The number of halogens is 1. The molecule has 3 aromatic rings. The van der Waals surface area contributed by atoms with Gasteiger partial charge in [-0.05, 0) is 84.4 Å². The van der Waals surface area contributed by atoms with E-state index in [-0.39, 0.29) is 28.6 Å². The Labute approximate surface area is 261 Å². The lowest BCUT2D eigenvalue weighted by Crippen LogP contribution is -2.49. The number of aryl methyl sites for hydroxylation is 1. The normalized spacial score (nSPS) is 15.2. The Bertz CT molecular complexity index is 1660. The number of anilines is 3. The van der Waals surface area contributed by atoms with Gasteiger partial charge in [0, 0.05) is 48.5 Å². The standard InChI is InChI=1S/C32H39FN6O6/c1-17-21(15-35-23-9-8-10-39(27(17)23)30(42)45-32(5,6)7)20-11-18-12-24(37-28(40)43-19-13-34-14-19)36-16-22(18)26(25(20)33)38-29(41)44-31(2,3)4/h11-12,15-16,19,34H,8-10,13-14H2,1-7H3,(H,38,41)(H,36,37,40). The number of carbonyl (C=O) groups excluding carboxylic acids is 3. The first-order valence-electron chi connectivity index (χ1n) is 14.9. The highest BCUT2D eigenvalue weighted by Gasteiger charge is 2.31. The zero-order valence-electron chi connectivity index (χ0n) is 26.6. The summed E-state index contributed by atoms with van der Waals surface area (Å²) in [5.74, 6) is -0.561. The summed E-state index contributed by atoms with van der Waals surface area (Å²) in [5, 5.41) is 8.94. The Morgan fingerprint density at radius 2 is 1.67 bits per heavy atom. The molecule has 0 radical (unpaired) electrons. The second-order valence-corrected chi connectivity index (χ2v) is 13.2. The Morgan fingerprint density at radius 1 is 0.956 bits per heavy atom. The fourth-order valence-electron chi connectivity index (χ4n) is 5.17. The molecule has 2 aliphatic heterocycles. The Kier molecular flexibility index (Phi) is 8.58. The maximum absolute atomic E-state index is 16.5. The van der Waals surface area contributed by atoms with E-state index >= 15 is 4.39 Å². The minimum atomic E-state index is -0.851. The summed E-state index contributed by atoms with van der Waals surface area (Å²) in [4.78, 5) is 48.9. The summed E-state index contributed by atoms with van der Waals surface area (Å²) in [7, 11) is 0. The third-order valence-corrected chi connectivity index (χ3v) is 7.19. The van der Waals surface area contributed by atoms with Crippen molar-refractivity contribution in [3.63, 3.8) is 0 Å². The quantitative estimate of drug-likeness (QED) is 0.286.